The fourth-order valence-electron chi connectivity index (χ4n) is 2.73. The topological polar surface area (TPSA) is 54.2 Å². The van der Waals surface area contributed by atoms with Gasteiger partial charge in [-0.2, -0.15) is 5.10 Å². The molecule has 1 aromatic carbocycles. The molecule has 118 valence electrons. The maximum atomic E-state index is 4.80. The normalized spacial score (nSPS) is 15.8. The summed E-state index contributed by atoms with van der Waals surface area (Å²) in [6.45, 7) is 3.00. The highest BCUT2D eigenvalue weighted by molar-refractivity contribution is 7.99. The monoisotopic (exact) mass is 325 g/mol. The third kappa shape index (κ3) is 3.18. The number of nitrogens with zero attached hydrogens (tertiary/aromatic N) is 3. The van der Waals surface area contributed by atoms with Gasteiger partial charge >= 0.3 is 0 Å². The molecule has 4 bridgehead atoms. The summed E-state index contributed by atoms with van der Waals surface area (Å²) in [6.07, 6.45) is 5.00. The first kappa shape index (κ1) is 14.5. The molecular weight excluding hydrogens is 306 g/mol. The van der Waals surface area contributed by atoms with Crippen molar-refractivity contribution in [2.75, 3.05) is 30.7 Å². The van der Waals surface area contributed by atoms with Gasteiger partial charge in [0.1, 0.15) is 5.03 Å². The van der Waals surface area contributed by atoms with Crippen LogP contribution in [0.25, 0.3) is 16.8 Å². The van der Waals surface area contributed by atoms with Gasteiger partial charge in [0.15, 0.2) is 5.65 Å². The lowest BCUT2D eigenvalue weighted by molar-refractivity contribution is 0.692. The van der Waals surface area contributed by atoms with Crippen molar-refractivity contribution in [1.82, 2.24) is 19.9 Å². The lowest BCUT2D eigenvalue weighted by Crippen LogP contribution is -2.20. The van der Waals surface area contributed by atoms with E-state index in [-0.39, 0.29) is 0 Å². The number of hydrogen-bond donors (Lipinski definition) is 2. The van der Waals surface area contributed by atoms with Crippen molar-refractivity contribution in [3.05, 3.63) is 42.7 Å². The number of hydrogen-bond acceptors (Lipinski definition) is 5. The third-order valence-corrected chi connectivity index (χ3v) is 4.84. The lowest BCUT2D eigenvalue weighted by Gasteiger charge is -2.08. The van der Waals surface area contributed by atoms with E-state index in [2.05, 4.69) is 40.0 Å². The Morgan fingerprint density at radius 2 is 2.13 bits per heavy atom. The SMILES string of the molecule is c1cc2cc(c1)-c1cnn3ccc(nc13)SCCNCCCN2. The second kappa shape index (κ2) is 6.60. The van der Waals surface area contributed by atoms with Crippen molar-refractivity contribution < 1.29 is 0 Å². The quantitative estimate of drug-likeness (QED) is 0.623. The van der Waals surface area contributed by atoms with Crippen LogP contribution in [0.3, 0.4) is 0 Å². The summed E-state index contributed by atoms with van der Waals surface area (Å²) in [5.41, 5.74) is 4.27. The molecule has 1 aliphatic heterocycles. The molecule has 0 spiro atoms. The molecule has 0 unspecified atom stereocenters. The molecule has 0 saturated carbocycles. The summed E-state index contributed by atoms with van der Waals surface area (Å²) in [6, 6.07) is 10.5. The Morgan fingerprint density at radius 1 is 1.13 bits per heavy atom. The van der Waals surface area contributed by atoms with Crippen LogP contribution in [-0.4, -0.2) is 40.0 Å². The summed E-state index contributed by atoms with van der Waals surface area (Å²) in [7, 11) is 0. The van der Waals surface area contributed by atoms with Gasteiger partial charge in [0.05, 0.1) is 6.20 Å². The standard InChI is InChI=1S/C17H19N5S/c1-3-13-11-14(4-1)19-7-2-6-18-8-10-23-16-5-9-22-17(21-16)15(13)12-20-22/h1,3-5,9,11-12,18-19H,2,6-8,10H2. The first-order valence-corrected chi connectivity index (χ1v) is 8.91. The van der Waals surface area contributed by atoms with Gasteiger partial charge < -0.3 is 10.6 Å². The molecule has 0 aliphatic carbocycles. The molecule has 0 radical (unpaired) electrons. The van der Waals surface area contributed by atoms with Crippen LogP contribution < -0.4 is 10.6 Å². The number of fused-ring (bicyclic) bond motifs is 4. The highest BCUT2D eigenvalue weighted by Crippen LogP contribution is 2.27. The molecule has 5 nitrogen and oxygen atoms in total. The van der Waals surface area contributed by atoms with Crippen LogP contribution in [-0.2, 0) is 0 Å². The molecule has 23 heavy (non-hydrogen) atoms. The summed E-state index contributed by atoms with van der Waals surface area (Å²) in [5, 5.41) is 12.4. The minimum Gasteiger partial charge on any atom is -0.385 e. The second-order valence-electron chi connectivity index (χ2n) is 5.55. The van der Waals surface area contributed by atoms with E-state index in [4.69, 9.17) is 4.98 Å². The number of aromatic nitrogens is 3. The maximum Gasteiger partial charge on any atom is 0.164 e. The highest BCUT2D eigenvalue weighted by Gasteiger charge is 2.10. The molecule has 6 heteroatoms. The van der Waals surface area contributed by atoms with Gasteiger partial charge in [-0.15, -0.1) is 11.8 Å². The van der Waals surface area contributed by atoms with Gasteiger partial charge in [-0.25, -0.2) is 9.50 Å². The Hall–Kier alpha value is -2.05. The number of thioether (sulfide) groups is 1. The van der Waals surface area contributed by atoms with E-state index >= 15 is 0 Å². The molecular formula is C17H19N5S. The molecule has 2 aromatic heterocycles. The van der Waals surface area contributed by atoms with Gasteiger partial charge in [-0.1, -0.05) is 12.1 Å². The zero-order valence-corrected chi connectivity index (χ0v) is 13.6. The first-order chi connectivity index (χ1) is 11.4. The van der Waals surface area contributed by atoms with Crippen LogP contribution >= 0.6 is 11.8 Å². The largest absolute Gasteiger partial charge is 0.385 e. The summed E-state index contributed by atoms with van der Waals surface area (Å²) >= 11 is 1.78. The molecule has 2 N–H and O–H groups in total. The van der Waals surface area contributed by atoms with Crippen LogP contribution in [0.1, 0.15) is 6.42 Å². The van der Waals surface area contributed by atoms with E-state index in [0.717, 1.165) is 59.3 Å². The van der Waals surface area contributed by atoms with Gasteiger partial charge in [-0.05, 0) is 36.7 Å². The Balaban J connectivity index is 1.78. The Morgan fingerprint density at radius 3 is 3.13 bits per heavy atom. The molecule has 3 aromatic rings. The summed E-state index contributed by atoms with van der Waals surface area (Å²) in [4.78, 5) is 4.80. The fourth-order valence-corrected chi connectivity index (χ4v) is 3.50. The minimum atomic E-state index is 0.912. The van der Waals surface area contributed by atoms with Gasteiger partial charge in [0, 0.05) is 36.3 Å². The average molecular weight is 325 g/mol. The predicted octanol–water partition coefficient (Wildman–Crippen LogP) is 2.89. The molecule has 0 saturated heterocycles. The van der Waals surface area contributed by atoms with Crippen LogP contribution in [0.4, 0.5) is 5.69 Å². The van der Waals surface area contributed by atoms with E-state index in [1.54, 1.807) is 11.8 Å². The van der Waals surface area contributed by atoms with Gasteiger partial charge in [0.2, 0.25) is 0 Å². The smallest absolute Gasteiger partial charge is 0.164 e. The van der Waals surface area contributed by atoms with Crippen molar-refractivity contribution in [3.8, 4) is 11.1 Å². The Kier molecular flexibility index (Phi) is 4.17. The second-order valence-corrected chi connectivity index (χ2v) is 6.67. The fraction of sp³-hybridized carbons (Fsp3) is 0.294. The number of anilines is 1. The summed E-state index contributed by atoms with van der Waals surface area (Å²) in [5.74, 6) is 1.02. The van der Waals surface area contributed by atoms with Crippen LogP contribution in [0.5, 0.6) is 0 Å². The average Bonchev–Trinajstić information content (AvgIpc) is 3.00. The van der Waals surface area contributed by atoms with E-state index in [1.807, 2.05) is 23.0 Å². The lowest BCUT2D eigenvalue weighted by atomic mass is 10.1. The molecule has 0 fully saturated rings. The third-order valence-electron chi connectivity index (χ3n) is 3.91. The van der Waals surface area contributed by atoms with Gasteiger partial charge in [-0.3, -0.25) is 0 Å². The zero-order chi connectivity index (χ0) is 15.5. The molecule has 0 atom stereocenters. The van der Waals surface area contributed by atoms with Crippen LogP contribution in [0, 0.1) is 0 Å². The molecule has 4 rings (SSSR count). The Bertz CT molecular complexity index is 814. The van der Waals surface area contributed by atoms with Crippen molar-refractivity contribution in [3.63, 3.8) is 0 Å². The van der Waals surface area contributed by atoms with Crippen LogP contribution in [0.2, 0.25) is 0 Å². The Labute approximate surface area is 139 Å². The minimum absolute atomic E-state index is 0.912. The van der Waals surface area contributed by atoms with Crippen molar-refractivity contribution in [2.24, 2.45) is 0 Å². The predicted molar refractivity (Wildman–Crippen MR) is 95.1 cm³/mol. The molecule has 1 aliphatic rings. The maximum absolute atomic E-state index is 4.80. The van der Waals surface area contributed by atoms with Crippen molar-refractivity contribution in [1.29, 1.82) is 0 Å². The van der Waals surface area contributed by atoms with E-state index in [9.17, 15) is 0 Å². The molecule has 3 heterocycles. The van der Waals surface area contributed by atoms with E-state index in [1.165, 1.54) is 0 Å². The number of nitrogens with one attached hydrogen (secondary N) is 2. The van der Waals surface area contributed by atoms with Crippen molar-refractivity contribution in [2.45, 2.75) is 11.4 Å². The van der Waals surface area contributed by atoms with Crippen LogP contribution in [0.15, 0.2) is 47.8 Å². The molecule has 0 amide bonds. The zero-order valence-electron chi connectivity index (χ0n) is 12.8. The van der Waals surface area contributed by atoms with E-state index in [0.29, 0.717) is 0 Å². The van der Waals surface area contributed by atoms with Crippen molar-refractivity contribution >= 4 is 23.1 Å². The number of rotatable bonds is 0. The van der Waals surface area contributed by atoms with E-state index < -0.39 is 0 Å². The van der Waals surface area contributed by atoms with Gasteiger partial charge in [0.25, 0.3) is 0 Å². The number of benzene rings is 1. The summed E-state index contributed by atoms with van der Waals surface area (Å²) < 4.78 is 1.84. The first-order valence-electron chi connectivity index (χ1n) is 7.92. The highest BCUT2D eigenvalue weighted by atomic mass is 32.2.